The lowest BCUT2D eigenvalue weighted by Crippen LogP contribution is -2.05. The molecule has 4 nitrogen and oxygen atoms in total. The fraction of sp³-hybridized carbons (Fsp3) is 0.308. The molecule has 0 unspecified atom stereocenters. The van der Waals surface area contributed by atoms with Gasteiger partial charge in [0.25, 0.3) is 0 Å². The minimum Gasteiger partial charge on any atom is -0.496 e. The summed E-state index contributed by atoms with van der Waals surface area (Å²) in [5.74, 6) is 0.808. The summed E-state index contributed by atoms with van der Waals surface area (Å²) in [4.78, 5) is 0. The molecular formula is C13H16BrN3O. The molecule has 0 atom stereocenters. The molecule has 1 heterocycles. The summed E-state index contributed by atoms with van der Waals surface area (Å²) in [5, 5.41) is 4.54. The van der Waals surface area contributed by atoms with Crippen LogP contribution in [0.2, 0.25) is 0 Å². The van der Waals surface area contributed by atoms with E-state index in [2.05, 4.69) is 21.0 Å². The minimum absolute atomic E-state index is 0.478. The first-order valence-electron chi connectivity index (χ1n) is 5.65. The van der Waals surface area contributed by atoms with E-state index in [1.807, 2.05) is 36.9 Å². The normalized spacial score (nSPS) is 10.7. The fourth-order valence-corrected chi connectivity index (χ4v) is 2.43. The van der Waals surface area contributed by atoms with Crippen LogP contribution < -0.4 is 10.5 Å². The van der Waals surface area contributed by atoms with Crippen LogP contribution >= 0.6 is 15.9 Å². The van der Waals surface area contributed by atoms with Gasteiger partial charge in [0.05, 0.1) is 18.5 Å². The van der Waals surface area contributed by atoms with Crippen LogP contribution in [0.4, 0.5) is 0 Å². The van der Waals surface area contributed by atoms with Crippen molar-refractivity contribution in [2.45, 2.75) is 13.5 Å². The van der Waals surface area contributed by atoms with E-state index in [-0.39, 0.29) is 0 Å². The van der Waals surface area contributed by atoms with Crippen molar-refractivity contribution in [3.63, 3.8) is 0 Å². The third kappa shape index (κ3) is 2.15. The molecule has 2 rings (SSSR count). The largest absolute Gasteiger partial charge is 0.496 e. The van der Waals surface area contributed by atoms with Gasteiger partial charge in [-0.15, -0.1) is 0 Å². The van der Waals surface area contributed by atoms with Crippen molar-refractivity contribution in [1.29, 1.82) is 0 Å². The van der Waals surface area contributed by atoms with E-state index in [0.29, 0.717) is 6.54 Å². The van der Waals surface area contributed by atoms with Gasteiger partial charge in [0.2, 0.25) is 0 Å². The van der Waals surface area contributed by atoms with Crippen LogP contribution in [0.3, 0.4) is 0 Å². The number of nitrogens with zero attached hydrogens (tertiary/aromatic N) is 2. The smallest absolute Gasteiger partial charge is 0.128 e. The maximum Gasteiger partial charge on any atom is 0.128 e. The summed E-state index contributed by atoms with van der Waals surface area (Å²) < 4.78 is 8.21. The predicted molar refractivity (Wildman–Crippen MR) is 75.5 cm³/mol. The summed E-state index contributed by atoms with van der Waals surface area (Å²) in [7, 11) is 3.57. The third-order valence-electron chi connectivity index (χ3n) is 3.04. The second-order valence-corrected chi connectivity index (χ2v) is 5.01. The number of aryl methyl sites for hydroxylation is 1. The standard InChI is InChI=1S/C13H16BrN3O/c1-8-11(7-15)17(2)16-13(8)10-6-9(14)4-5-12(10)18-3/h4-6H,7,15H2,1-3H3. The Kier molecular flexibility index (Phi) is 3.73. The first-order chi connectivity index (χ1) is 8.58. The van der Waals surface area contributed by atoms with Gasteiger partial charge in [-0.25, -0.2) is 0 Å². The number of methoxy groups -OCH3 is 1. The average molecular weight is 310 g/mol. The minimum atomic E-state index is 0.478. The molecule has 0 spiro atoms. The lowest BCUT2D eigenvalue weighted by atomic mass is 10.1. The van der Waals surface area contributed by atoms with Gasteiger partial charge in [-0.1, -0.05) is 15.9 Å². The Hall–Kier alpha value is -1.33. The van der Waals surface area contributed by atoms with Crippen molar-refractivity contribution in [2.75, 3.05) is 7.11 Å². The highest BCUT2D eigenvalue weighted by atomic mass is 79.9. The lowest BCUT2D eigenvalue weighted by molar-refractivity contribution is 0.416. The van der Waals surface area contributed by atoms with Crippen molar-refractivity contribution in [3.8, 4) is 17.0 Å². The van der Waals surface area contributed by atoms with Gasteiger partial charge < -0.3 is 10.5 Å². The Morgan fingerprint density at radius 1 is 1.44 bits per heavy atom. The van der Waals surface area contributed by atoms with E-state index >= 15 is 0 Å². The van der Waals surface area contributed by atoms with E-state index in [0.717, 1.165) is 32.7 Å². The first kappa shape index (κ1) is 13.1. The van der Waals surface area contributed by atoms with Gasteiger partial charge >= 0.3 is 0 Å². The molecule has 0 radical (unpaired) electrons. The van der Waals surface area contributed by atoms with Gasteiger partial charge in [0, 0.05) is 23.6 Å². The van der Waals surface area contributed by atoms with Gasteiger partial charge in [0.1, 0.15) is 5.75 Å². The van der Waals surface area contributed by atoms with Crippen LogP contribution in [0.1, 0.15) is 11.3 Å². The molecule has 1 aromatic carbocycles. The van der Waals surface area contributed by atoms with Crippen LogP contribution in [0.5, 0.6) is 5.75 Å². The highest BCUT2D eigenvalue weighted by Crippen LogP contribution is 2.34. The van der Waals surface area contributed by atoms with Gasteiger partial charge in [0.15, 0.2) is 0 Å². The Balaban J connectivity index is 2.65. The molecule has 0 saturated heterocycles. The summed E-state index contributed by atoms with van der Waals surface area (Å²) in [6.45, 7) is 2.51. The molecule has 0 bridgehead atoms. The molecule has 0 aliphatic carbocycles. The topological polar surface area (TPSA) is 53.1 Å². The molecule has 5 heteroatoms. The number of hydrogen-bond donors (Lipinski definition) is 1. The number of rotatable bonds is 3. The number of nitrogens with two attached hydrogens (primary N) is 1. The Labute approximate surface area is 115 Å². The molecule has 0 amide bonds. The summed E-state index contributed by atoms with van der Waals surface area (Å²) >= 11 is 3.47. The molecule has 0 aliphatic heterocycles. The van der Waals surface area contributed by atoms with Crippen LogP contribution in [0, 0.1) is 6.92 Å². The average Bonchev–Trinajstić information content (AvgIpc) is 2.64. The lowest BCUT2D eigenvalue weighted by Gasteiger charge is -2.07. The highest BCUT2D eigenvalue weighted by molar-refractivity contribution is 9.10. The maximum absolute atomic E-state index is 5.74. The summed E-state index contributed by atoms with van der Waals surface area (Å²) in [6, 6.07) is 5.88. The van der Waals surface area contributed by atoms with Crippen LogP contribution in [0.25, 0.3) is 11.3 Å². The molecule has 0 fully saturated rings. The molecule has 18 heavy (non-hydrogen) atoms. The number of ether oxygens (including phenoxy) is 1. The first-order valence-corrected chi connectivity index (χ1v) is 6.44. The van der Waals surface area contributed by atoms with E-state index < -0.39 is 0 Å². The van der Waals surface area contributed by atoms with Gasteiger partial charge in [-0.05, 0) is 30.7 Å². The zero-order valence-corrected chi connectivity index (χ0v) is 12.3. The quantitative estimate of drug-likeness (QED) is 0.948. The van der Waals surface area contributed by atoms with Crippen molar-refractivity contribution in [2.24, 2.45) is 12.8 Å². The molecule has 2 aromatic rings. The third-order valence-corrected chi connectivity index (χ3v) is 3.53. The van der Waals surface area contributed by atoms with Crippen molar-refractivity contribution in [3.05, 3.63) is 33.9 Å². The molecule has 2 N–H and O–H groups in total. The molecular weight excluding hydrogens is 294 g/mol. The molecule has 96 valence electrons. The van der Waals surface area contributed by atoms with Crippen molar-refractivity contribution < 1.29 is 4.74 Å². The second kappa shape index (κ2) is 5.12. The van der Waals surface area contributed by atoms with Crippen LogP contribution in [-0.2, 0) is 13.6 Å². The maximum atomic E-state index is 5.74. The summed E-state index contributed by atoms with van der Waals surface area (Å²) in [6.07, 6.45) is 0. The van der Waals surface area contributed by atoms with Gasteiger partial charge in [-0.2, -0.15) is 5.10 Å². The number of benzene rings is 1. The molecule has 1 aromatic heterocycles. The SMILES string of the molecule is COc1ccc(Br)cc1-c1nn(C)c(CN)c1C. The number of halogens is 1. The summed E-state index contributed by atoms with van der Waals surface area (Å²) in [5.41, 5.74) is 9.76. The zero-order valence-electron chi connectivity index (χ0n) is 10.7. The van der Waals surface area contributed by atoms with Crippen molar-refractivity contribution in [1.82, 2.24) is 9.78 Å². The van der Waals surface area contributed by atoms with Crippen LogP contribution in [-0.4, -0.2) is 16.9 Å². The van der Waals surface area contributed by atoms with Crippen molar-refractivity contribution >= 4 is 15.9 Å². The van der Waals surface area contributed by atoms with E-state index in [4.69, 9.17) is 10.5 Å². The van der Waals surface area contributed by atoms with E-state index in [9.17, 15) is 0 Å². The number of hydrogen-bond acceptors (Lipinski definition) is 3. The Morgan fingerprint density at radius 2 is 2.17 bits per heavy atom. The van der Waals surface area contributed by atoms with E-state index in [1.165, 1.54) is 0 Å². The second-order valence-electron chi connectivity index (χ2n) is 4.09. The zero-order chi connectivity index (χ0) is 13.3. The fourth-order valence-electron chi connectivity index (χ4n) is 2.07. The number of aromatic nitrogens is 2. The molecule has 0 aliphatic rings. The Bertz CT molecular complexity index is 578. The highest BCUT2D eigenvalue weighted by Gasteiger charge is 2.16. The molecule has 0 saturated carbocycles. The van der Waals surface area contributed by atoms with E-state index in [1.54, 1.807) is 7.11 Å². The Morgan fingerprint density at radius 3 is 2.72 bits per heavy atom. The van der Waals surface area contributed by atoms with Crippen LogP contribution in [0.15, 0.2) is 22.7 Å². The monoisotopic (exact) mass is 309 g/mol. The predicted octanol–water partition coefficient (Wildman–Crippen LogP) is 2.63. The van der Waals surface area contributed by atoms with Gasteiger partial charge in [-0.3, -0.25) is 4.68 Å².